The van der Waals surface area contributed by atoms with Gasteiger partial charge in [0, 0.05) is 56.5 Å². The van der Waals surface area contributed by atoms with E-state index in [0.29, 0.717) is 5.54 Å². The van der Waals surface area contributed by atoms with Gasteiger partial charge in [0.05, 0.1) is 0 Å². The Morgan fingerprint density at radius 1 is 0.900 bits per heavy atom. The Hall–Kier alpha value is -1.06. The number of benzene rings is 1. The summed E-state index contributed by atoms with van der Waals surface area (Å²) in [6.45, 7) is 14.2. The number of rotatable bonds is 2. The second kappa shape index (κ2) is 5.38. The van der Waals surface area contributed by atoms with Gasteiger partial charge in [0.15, 0.2) is 0 Å². The van der Waals surface area contributed by atoms with E-state index in [-0.39, 0.29) is 0 Å². The first-order chi connectivity index (χ1) is 9.54. The van der Waals surface area contributed by atoms with Crippen LogP contribution in [0.2, 0.25) is 0 Å². The predicted molar refractivity (Wildman–Crippen MR) is 85.3 cm³/mol. The van der Waals surface area contributed by atoms with E-state index in [0.717, 1.165) is 19.1 Å². The number of hydrogen-bond acceptors (Lipinski definition) is 3. The van der Waals surface area contributed by atoms with Crippen molar-refractivity contribution in [1.29, 1.82) is 0 Å². The Morgan fingerprint density at radius 2 is 1.50 bits per heavy atom. The first-order valence-electron chi connectivity index (χ1n) is 7.83. The largest absolute Gasteiger partial charge is 0.369 e. The third-order valence-electron chi connectivity index (χ3n) is 4.76. The molecule has 3 rings (SSSR count). The van der Waals surface area contributed by atoms with E-state index >= 15 is 0 Å². The van der Waals surface area contributed by atoms with Gasteiger partial charge in [0.1, 0.15) is 0 Å². The SMILES string of the molecule is CC(C)(C)N1CC(N2CCN(c3ccccc3)CC2)C1. The zero-order chi connectivity index (χ0) is 14.2. The summed E-state index contributed by atoms with van der Waals surface area (Å²) in [5.41, 5.74) is 1.71. The number of likely N-dealkylation sites (tertiary alicyclic amines) is 1. The van der Waals surface area contributed by atoms with Gasteiger partial charge >= 0.3 is 0 Å². The number of hydrogen-bond donors (Lipinski definition) is 0. The summed E-state index contributed by atoms with van der Waals surface area (Å²) in [5.74, 6) is 0. The van der Waals surface area contributed by atoms with E-state index in [1.807, 2.05) is 0 Å². The van der Waals surface area contributed by atoms with Gasteiger partial charge in [-0.3, -0.25) is 9.80 Å². The molecule has 2 heterocycles. The van der Waals surface area contributed by atoms with Crippen LogP contribution in [-0.2, 0) is 0 Å². The lowest BCUT2D eigenvalue weighted by Gasteiger charge is -2.53. The van der Waals surface area contributed by atoms with Crippen molar-refractivity contribution in [2.24, 2.45) is 0 Å². The molecule has 110 valence electrons. The van der Waals surface area contributed by atoms with Gasteiger partial charge in [-0.1, -0.05) is 18.2 Å². The summed E-state index contributed by atoms with van der Waals surface area (Å²) in [5, 5.41) is 0. The van der Waals surface area contributed by atoms with E-state index in [1.54, 1.807) is 0 Å². The van der Waals surface area contributed by atoms with Crippen LogP contribution in [0.4, 0.5) is 5.69 Å². The van der Waals surface area contributed by atoms with Crippen LogP contribution in [0.3, 0.4) is 0 Å². The van der Waals surface area contributed by atoms with E-state index in [1.165, 1.54) is 31.9 Å². The fraction of sp³-hybridized carbons (Fsp3) is 0.647. The maximum atomic E-state index is 2.68. The van der Waals surface area contributed by atoms with Gasteiger partial charge in [0.2, 0.25) is 0 Å². The van der Waals surface area contributed by atoms with E-state index in [9.17, 15) is 0 Å². The molecule has 1 aromatic carbocycles. The van der Waals surface area contributed by atoms with Crippen LogP contribution in [-0.4, -0.2) is 60.6 Å². The Balaban J connectivity index is 1.48. The smallest absolute Gasteiger partial charge is 0.0367 e. The Bertz CT molecular complexity index is 423. The van der Waals surface area contributed by atoms with Crippen molar-refractivity contribution in [2.75, 3.05) is 44.2 Å². The maximum absolute atomic E-state index is 2.68. The molecule has 1 aromatic rings. The van der Waals surface area contributed by atoms with E-state index < -0.39 is 0 Å². The summed E-state index contributed by atoms with van der Waals surface area (Å²) >= 11 is 0. The molecule has 0 bridgehead atoms. The van der Waals surface area contributed by atoms with E-state index in [2.05, 4.69) is 65.8 Å². The van der Waals surface area contributed by atoms with Gasteiger partial charge < -0.3 is 4.90 Å². The quantitative estimate of drug-likeness (QED) is 0.818. The van der Waals surface area contributed by atoms with Crippen LogP contribution in [0.1, 0.15) is 20.8 Å². The van der Waals surface area contributed by atoms with Crippen molar-refractivity contribution in [3.8, 4) is 0 Å². The van der Waals surface area contributed by atoms with Crippen molar-refractivity contribution in [3.05, 3.63) is 30.3 Å². The maximum Gasteiger partial charge on any atom is 0.0367 e. The monoisotopic (exact) mass is 273 g/mol. The minimum atomic E-state index is 0.336. The minimum absolute atomic E-state index is 0.336. The van der Waals surface area contributed by atoms with Crippen LogP contribution in [0.5, 0.6) is 0 Å². The molecule has 2 saturated heterocycles. The van der Waals surface area contributed by atoms with Gasteiger partial charge in [-0.25, -0.2) is 0 Å². The van der Waals surface area contributed by atoms with Crippen LogP contribution in [0.15, 0.2) is 30.3 Å². The molecule has 0 aliphatic carbocycles. The summed E-state index contributed by atoms with van der Waals surface area (Å²) < 4.78 is 0. The zero-order valence-corrected chi connectivity index (χ0v) is 13.0. The third-order valence-corrected chi connectivity index (χ3v) is 4.76. The van der Waals surface area contributed by atoms with Gasteiger partial charge in [-0.15, -0.1) is 0 Å². The Labute approximate surface area is 123 Å². The highest BCUT2D eigenvalue weighted by molar-refractivity contribution is 5.46. The minimum Gasteiger partial charge on any atom is -0.369 e. The highest BCUT2D eigenvalue weighted by atomic mass is 15.4. The molecule has 2 aliphatic heterocycles. The third kappa shape index (κ3) is 2.84. The van der Waals surface area contributed by atoms with Gasteiger partial charge in [0.25, 0.3) is 0 Å². The Morgan fingerprint density at radius 3 is 2.05 bits per heavy atom. The molecule has 0 aromatic heterocycles. The molecule has 3 heteroatoms. The summed E-state index contributed by atoms with van der Waals surface area (Å²) in [4.78, 5) is 7.78. The van der Waals surface area contributed by atoms with Crippen LogP contribution in [0, 0.1) is 0 Å². The summed E-state index contributed by atoms with van der Waals surface area (Å²) in [7, 11) is 0. The standard InChI is InChI=1S/C17H27N3/c1-17(2,3)20-13-16(14-20)19-11-9-18(10-12-19)15-7-5-4-6-8-15/h4-8,16H,9-14H2,1-3H3. The average molecular weight is 273 g/mol. The molecule has 0 amide bonds. The fourth-order valence-electron chi connectivity index (χ4n) is 3.22. The average Bonchev–Trinajstić information content (AvgIpc) is 2.37. The van der Waals surface area contributed by atoms with Crippen molar-refractivity contribution in [2.45, 2.75) is 32.4 Å². The normalized spacial score (nSPS) is 22.9. The fourth-order valence-corrected chi connectivity index (χ4v) is 3.22. The highest BCUT2D eigenvalue weighted by Gasteiger charge is 2.38. The van der Waals surface area contributed by atoms with Crippen molar-refractivity contribution < 1.29 is 0 Å². The Kier molecular flexibility index (Phi) is 3.74. The van der Waals surface area contributed by atoms with Crippen LogP contribution in [0.25, 0.3) is 0 Å². The lowest BCUT2D eigenvalue weighted by atomic mass is 9.96. The van der Waals surface area contributed by atoms with Crippen molar-refractivity contribution >= 4 is 5.69 Å². The molecule has 2 aliphatic rings. The molecule has 0 saturated carbocycles. The molecule has 3 nitrogen and oxygen atoms in total. The van der Waals surface area contributed by atoms with Crippen LogP contribution >= 0.6 is 0 Å². The molecular formula is C17H27N3. The van der Waals surface area contributed by atoms with Crippen molar-refractivity contribution in [3.63, 3.8) is 0 Å². The number of nitrogens with zero attached hydrogens (tertiary/aromatic N) is 3. The van der Waals surface area contributed by atoms with E-state index in [4.69, 9.17) is 0 Å². The zero-order valence-electron chi connectivity index (χ0n) is 13.0. The molecule has 20 heavy (non-hydrogen) atoms. The first kappa shape index (κ1) is 13.9. The molecule has 2 fully saturated rings. The number of anilines is 1. The molecule has 0 atom stereocenters. The lowest BCUT2D eigenvalue weighted by molar-refractivity contribution is -0.0237. The predicted octanol–water partition coefficient (Wildman–Crippen LogP) is 2.29. The highest BCUT2D eigenvalue weighted by Crippen LogP contribution is 2.25. The molecule has 0 spiro atoms. The molecule has 0 N–H and O–H groups in total. The topological polar surface area (TPSA) is 9.72 Å². The second-order valence-corrected chi connectivity index (χ2v) is 7.09. The second-order valence-electron chi connectivity index (χ2n) is 7.09. The van der Waals surface area contributed by atoms with Crippen molar-refractivity contribution in [1.82, 2.24) is 9.80 Å². The number of para-hydroxylation sites is 1. The number of piperazine rings is 1. The van der Waals surface area contributed by atoms with Crippen LogP contribution < -0.4 is 4.90 Å². The molecule has 0 unspecified atom stereocenters. The molecular weight excluding hydrogens is 246 g/mol. The summed E-state index contributed by atoms with van der Waals surface area (Å²) in [6.07, 6.45) is 0. The lowest BCUT2D eigenvalue weighted by Crippen LogP contribution is -2.66. The summed E-state index contributed by atoms with van der Waals surface area (Å²) in [6, 6.07) is 11.6. The first-order valence-corrected chi connectivity index (χ1v) is 7.83. The molecule has 0 radical (unpaired) electrons. The van der Waals surface area contributed by atoms with Gasteiger partial charge in [-0.2, -0.15) is 0 Å². The van der Waals surface area contributed by atoms with Gasteiger partial charge in [-0.05, 0) is 32.9 Å².